The molecule has 5 heterocycles. The van der Waals surface area contributed by atoms with Crippen LogP contribution in [0.1, 0.15) is 125 Å². The zero-order valence-corrected chi connectivity index (χ0v) is 40.3. The lowest BCUT2D eigenvalue weighted by atomic mass is 9.59. The maximum atomic E-state index is 14.7. The second-order valence-corrected chi connectivity index (χ2v) is 23.4. The number of carbonyl (C=O) groups excluding carboxylic acids is 1. The van der Waals surface area contributed by atoms with E-state index in [1.54, 1.807) is 12.1 Å². The molecule has 5 aromatic rings. The van der Waals surface area contributed by atoms with E-state index in [4.69, 9.17) is 9.47 Å². The number of fused-ring (bicyclic) bond motifs is 2. The van der Waals surface area contributed by atoms with Crippen molar-refractivity contribution in [1.82, 2.24) is 19.6 Å². The van der Waals surface area contributed by atoms with Crippen LogP contribution in [-0.4, -0.2) is 82.4 Å². The maximum Gasteiger partial charge on any atom is 0.288 e. The average Bonchev–Trinajstić information content (AvgIpc) is 3.94. The number of nitro benzene ring substituents is 1. The molecule has 2 saturated heterocycles. The van der Waals surface area contributed by atoms with E-state index in [-0.39, 0.29) is 50.4 Å². The molecule has 14 nitrogen and oxygen atoms in total. The van der Waals surface area contributed by atoms with Crippen molar-refractivity contribution in [2.75, 3.05) is 31.1 Å². The molecule has 2 saturated carbocycles. The molecular formula is C51H59FN6O8S2. The number of aliphatic hydroxyl groups is 1. The minimum absolute atomic E-state index is 0.0295. The van der Waals surface area contributed by atoms with Crippen LogP contribution < -0.4 is 19.1 Å². The van der Waals surface area contributed by atoms with Crippen molar-refractivity contribution in [2.24, 2.45) is 11.3 Å². The summed E-state index contributed by atoms with van der Waals surface area (Å²) in [5, 5.41) is 22.9. The normalized spacial score (nSPS) is 24.1. The molecule has 360 valence electrons. The number of nitro groups is 1. The van der Waals surface area contributed by atoms with Gasteiger partial charge in [-0.3, -0.25) is 19.8 Å². The first-order valence-electron chi connectivity index (χ1n) is 24.0. The Bertz CT molecular complexity index is 2850. The van der Waals surface area contributed by atoms with Crippen LogP contribution in [0.4, 0.5) is 15.8 Å². The van der Waals surface area contributed by atoms with Gasteiger partial charge in [-0.25, -0.2) is 22.5 Å². The zero-order valence-electron chi connectivity index (χ0n) is 38.7. The largest absolute Gasteiger partial charge is 0.491 e. The van der Waals surface area contributed by atoms with Gasteiger partial charge in [0.1, 0.15) is 40.2 Å². The van der Waals surface area contributed by atoms with Gasteiger partial charge in [0, 0.05) is 60.5 Å². The van der Waals surface area contributed by atoms with Crippen LogP contribution in [-0.2, 0) is 10.0 Å². The van der Waals surface area contributed by atoms with E-state index >= 15 is 0 Å². The van der Waals surface area contributed by atoms with E-state index < -0.39 is 42.9 Å². The SMILES string of the molecule is CC(C)c1ccccc1[C@@H]1CCCN1C1CC2(CCN(c3ccc(C(=O)NS(=O)(=O)c4cc5c(c([N+](=O)[O-])c4)S[C@@H](CC4CCC(C)(O)CC4)CO5)c(Oc4cnc5[nH]cc(F)c5c4)c3)CC2)C1. The quantitative estimate of drug-likeness (QED) is 0.0797. The molecule has 2 aliphatic carbocycles. The van der Waals surface area contributed by atoms with Gasteiger partial charge in [-0.15, -0.1) is 11.8 Å². The number of hydrogen-bond donors (Lipinski definition) is 3. The van der Waals surface area contributed by atoms with Crippen LogP contribution in [0.2, 0.25) is 0 Å². The van der Waals surface area contributed by atoms with Crippen molar-refractivity contribution in [3.05, 3.63) is 106 Å². The smallest absolute Gasteiger partial charge is 0.288 e. The number of carbonyl (C=O) groups is 1. The number of H-pyrrole nitrogens is 1. The Hall–Kier alpha value is -5.23. The van der Waals surface area contributed by atoms with Crippen molar-refractivity contribution < 1.29 is 37.1 Å². The Morgan fingerprint density at radius 2 is 1.84 bits per heavy atom. The van der Waals surface area contributed by atoms with Gasteiger partial charge < -0.3 is 24.5 Å². The molecule has 0 unspecified atom stereocenters. The lowest BCUT2D eigenvalue weighted by molar-refractivity contribution is -0.388. The van der Waals surface area contributed by atoms with Crippen molar-refractivity contribution in [1.29, 1.82) is 0 Å². The average molecular weight is 967 g/mol. The third-order valence-corrected chi connectivity index (χ3v) is 18.0. The number of amides is 1. The summed E-state index contributed by atoms with van der Waals surface area (Å²) in [7, 11) is -4.69. The number of piperidine rings is 1. The summed E-state index contributed by atoms with van der Waals surface area (Å²) in [4.78, 5) is 37.7. The van der Waals surface area contributed by atoms with Crippen LogP contribution in [0, 0.1) is 27.3 Å². The first-order chi connectivity index (χ1) is 32.5. The van der Waals surface area contributed by atoms with Crippen LogP contribution >= 0.6 is 11.8 Å². The van der Waals surface area contributed by atoms with E-state index in [9.17, 15) is 32.8 Å². The standard InChI is InChI=1S/C51H59FN6O8S2/c1-31(2)38-7-4-5-8-39(38)43-9-6-18-57(43)34-26-51(27-34)16-19-56(20-17-51)33-10-11-40(45(22-33)66-35-23-41-42(52)29-54-48(41)53-28-35)49(59)55-68(63,64)37-24-44(58(61)62)47-46(25-37)65-30-36(67-47)21-32-12-14-50(3,60)15-13-32/h4-5,7-8,10-11,22-25,28-29,31-32,34,36,43,60H,6,9,12-21,26-27,30H2,1-3H3,(H,53,54)(H,55,59)/t32?,36-,43-,50?/m0/s1. The summed E-state index contributed by atoms with van der Waals surface area (Å²) >= 11 is 1.30. The first kappa shape index (κ1) is 46.5. The number of aromatic amines is 1. The fourth-order valence-corrected chi connectivity index (χ4v) is 13.9. The van der Waals surface area contributed by atoms with E-state index in [1.165, 1.54) is 79.2 Å². The van der Waals surface area contributed by atoms with Crippen molar-refractivity contribution in [3.8, 4) is 17.2 Å². The molecule has 10 rings (SSSR count). The Morgan fingerprint density at radius 3 is 2.59 bits per heavy atom. The Balaban J connectivity index is 0.853. The molecule has 3 N–H and O–H groups in total. The van der Waals surface area contributed by atoms with E-state index in [0.717, 1.165) is 63.5 Å². The lowest BCUT2D eigenvalue weighted by Crippen LogP contribution is -2.54. The minimum Gasteiger partial charge on any atom is -0.491 e. The molecule has 4 fully saturated rings. The zero-order chi connectivity index (χ0) is 47.5. The van der Waals surface area contributed by atoms with Crippen molar-refractivity contribution >= 4 is 50.1 Å². The third-order valence-electron chi connectivity index (χ3n) is 15.4. The van der Waals surface area contributed by atoms with Gasteiger partial charge in [0.2, 0.25) is 0 Å². The van der Waals surface area contributed by atoms with Crippen LogP contribution in [0.5, 0.6) is 17.2 Å². The summed E-state index contributed by atoms with van der Waals surface area (Å²) < 4.78 is 57.0. The molecule has 0 radical (unpaired) electrons. The molecule has 2 aromatic heterocycles. The van der Waals surface area contributed by atoms with Gasteiger partial charge in [-0.05, 0) is 131 Å². The highest BCUT2D eigenvalue weighted by molar-refractivity contribution is 8.00. The second kappa shape index (κ2) is 18.3. The minimum atomic E-state index is -4.69. The molecule has 17 heteroatoms. The molecule has 0 bridgehead atoms. The predicted molar refractivity (Wildman–Crippen MR) is 259 cm³/mol. The summed E-state index contributed by atoms with van der Waals surface area (Å²) in [6.45, 7) is 9.32. The molecule has 5 aliphatic rings. The Kier molecular flexibility index (Phi) is 12.5. The number of hydrogen-bond acceptors (Lipinski definition) is 12. The van der Waals surface area contributed by atoms with Crippen LogP contribution in [0.15, 0.2) is 82.8 Å². The monoisotopic (exact) mass is 966 g/mol. The number of nitrogens with zero attached hydrogens (tertiary/aromatic N) is 4. The topological polar surface area (TPSA) is 180 Å². The van der Waals surface area contributed by atoms with Gasteiger partial charge in [0.25, 0.3) is 21.6 Å². The molecule has 3 aliphatic heterocycles. The molecule has 1 amide bonds. The molecule has 3 aromatic carbocycles. The number of ether oxygens (including phenoxy) is 2. The van der Waals surface area contributed by atoms with Crippen LogP contribution in [0.3, 0.4) is 0 Å². The van der Waals surface area contributed by atoms with E-state index in [0.29, 0.717) is 42.4 Å². The van der Waals surface area contributed by atoms with Gasteiger partial charge in [0.05, 0.1) is 32.6 Å². The fourth-order valence-electron chi connectivity index (χ4n) is 11.6. The summed E-state index contributed by atoms with van der Waals surface area (Å²) in [5.74, 6) is -0.526. The van der Waals surface area contributed by atoms with E-state index in [2.05, 4.69) is 62.6 Å². The van der Waals surface area contributed by atoms with Gasteiger partial charge in [-0.1, -0.05) is 38.1 Å². The number of halogens is 1. The number of nitrogens with one attached hydrogen (secondary N) is 2. The van der Waals surface area contributed by atoms with Gasteiger partial charge in [0.15, 0.2) is 0 Å². The molecule has 2 atom stereocenters. The number of anilines is 1. The van der Waals surface area contributed by atoms with Crippen LogP contribution in [0.25, 0.3) is 11.0 Å². The Morgan fingerprint density at radius 1 is 1.07 bits per heavy atom. The molecular weight excluding hydrogens is 908 g/mol. The first-order valence-corrected chi connectivity index (χ1v) is 26.4. The number of rotatable bonds is 12. The number of thioether (sulfide) groups is 1. The predicted octanol–water partition coefficient (Wildman–Crippen LogP) is 10.4. The number of sulfonamides is 1. The van der Waals surface area contributed by atoms with Crippen molar-refractivity contribution in [3.63, 3.8) is 0 Å². The molecule has 68 heavy (non-hydrogen) atoms. The number of aromatic nitrogens is 2. The highest BCUT2D eigenvalue weighted by Crippen LogP contribution is 2.55. The summed E-state index contributed by atoms with van der Waals surface area (Å²) in [5.41, 5.74) is 3.05. The summed E-state index contributed by atoms with van der Waals surface area (Å²) in [6, 6.07) is 18.6. The maximum absolute atomic E-state index is 14.7. The van der Waals surface area contributed by atoms with Gasteiger partial charge in [-0.2, -0.15) is 0 Å². The lowest BCUT2D eigenvalue weighted by Gasteiger charge is -2.56. The summed E-state index contributed by atoms with van der Waals surface area (Å²) in [6.07, 6.45) is 13.1. The highest BCUT2D eigenvalue weighted by Gasteiger charge is 2.50. The van der Waals surface area contributed by atoms with Crippen molar-refractivity contribution in [2.45, 2.75) is 130 Å². The number of pyridine rings is 1. The third kappa shape index (κ3) is 9.30. The van der Waals surface area contributed by atoms with Gasteiger partial charge >= 0.3 is 0 Å². The number of likely N-dealkylation sites (tertiary alicyclic amines) is 1. The number of benzene rings is 3. The van der Waals surface area contributed by atoms with E-state index in [1.807, 2.05) is 6.92 Å². The fraction of sp³-hybridized carbons (Fsp3) is 0.490. The highest BCUT2D eigenvalue weighted by atomic mass is 32.2. The molecule has 1 spiro atoms. The Labute approximate surface area is 400 Å². The second-order valence-electron chi connectivity index (χ2n) is 20.4.